The Morgan fingerprint density at radius 2 is 2.15 bits per heavy atom. The minimum Gasteiger partial charge on any atom is -0.472 e. The highest BCUT2D eigenvalue weighted by Gasteiger charge is 2.28. The van der Waals surface area contributed by atoms with Crippen molar-refractivity contribution in [2.45, 2.75) is 19.1 Å². The number of rotatable bonds is 0. The SMILES string of the molecule is C=C1CC(C)(N)Oc2ccccc21. The molecule has 2 heteroatoms. The number of hydrogen-bond acceptors (Lipinski definition) is 2. The molecule has 0 radical (unpaired) electrons. The van der Waals surface area contributed by atoms with Gasteiger partial charge in [0.25, 0.3) is 0 Å². The maximum Gasteiger partial charge on any atom is 0.159 e. The van der Waals surface area contributed by atoms with Crippen molar-refractivity contribution in [3.63, 3.8) is 0 Å². The van der Waals surface area contributed by atoms with Crippen LogP contribution in [0.2, 0.25) is 0 Å². The van der Waals surface area contributed by atoms with E-state index in [9.17, 15) is 0 Å². The highest BCUT2D eigenvalue weighted by Crippen LogP contribution is 2.36. The molecule has 0 saturated carbocycles. The van der Waals surface area contributed by atoms with Crippen LogP contribution in [0.25, 0.3) is 5.57 Å². The van der Waals surface area contributed by atoms with E-state index in [1.54, 1.807) is 0 Å². The zero-order valence-corrected chi connectivity index (χ0v) is 7.71. The molecule has 0 bridgehead atoms. The molecule has 0 saturated heterocycles. The van der Waals surface area contributed by atoms with Crippen molar-refractivity contribution in [2.24, 2.45) is 5.73 Å². The van der Waals surface area contributed by atoms with Gasteiger partial charge in [-0.05, 0) is 18.6 Å². The summed E-state index contributed by atoms with van der Waals surface area (Å²) in [6.07, 6.45) is 0.685. The molecule has 1 atom stereocenters. The van der Waals surface area contributed by atoms with Crippen LogP contribution in [0.15, 0.2) is 30.8 Å². The molecule has 0 fully saturated rings. The molecule has 1 aliphatic heterocycles. The Morgan fingerprint density at radius 1 is 1.46 bits per heavy atom. The van der Waals surface area contributed by atoms with Gasteiger partial charge in [-0.3, -0.25) is 5.73 Å². The molecule has 1 aliphatic rings. The highest BCUT2D eigenvalue weighted by molar-refractivity contribution is 5.71. The molecule has 0 spiro atoms. The summed E-state index contributed by atoms with van der Waals surface area (Å²) in [6.45, 7) is 5.86. The fourth-order valence-electron chi connectivity index (χ4n) is 1.65. The number of fused-ring (bicyclic) bond motifs is 1. The molecule has 2 nitrogen and oxygen atoms in total. The average Bonchev–Trinajstić information content (AvgIpc) is 2.02. The minimum atomic E-state index is -0.606. The third kappa shape index (κ3) is 1.45. The molecule has 1 aromatic rings. The van der Waals surface area contributed by atoms with Gasteiger partial charge in [-0.2, -0.15) is 0 Å². The molecule has 1 heterocycles. The summed E-state index contributed by atoms with van der Waals surface area (Å²) in [5.41, 5.74) is 7.42. The Balaban J connectivity index is 2.49. The smallest absolute Gasteiger partial charge is 0.159 e. The number of hydrogen-bond donors (Lipinski definition) is 1. The maximum atomic E-state index is 5.90. The number of nitrogens with two attached hydrogens (primary N) is 1. The molecule has 0 aliphatic carbocycles. The predicted octanol–water partition coefficient (Wildman–Crippen LogP) is 2.16. The van der Waals surface area contributed by atoms with E-state index in [1.165, 1.54) is 0 Å². The lowest BCUT2D eigenvalue weighted by Crippen LogP contribution is -2.44. The Hall–Kier alpha value is -1.28. The molecule has 0 aromatic heterocycles. The van der Waals surface area contributed by atoms with Crippen molar-refractivity contribution >= 4 is 5.57 Å². The standard InChI is InChI=1S/C11H13NO/c1-8-7-11(2,12)13-10-6-4-3-5-9(8)10/h3-6H,1,7,12H2,2H3. The van der Waals surface area contributed by atoms with E-state index in [1.807, 2.05) is 31.2 Å². The van der Waals surface area contributed by atoms with Gasteiger partial charge in [0.1, 0.15) is 5.75 Å². The third-order valence-electron chi connectivity index (χ3n) is 2.18. The van der Waals surface area contributed by atoms with Crippen LogP contribution in [0.4, 0.5) is 0 Å². The molecule has 1 aromatic carbocycles. The van der Waals surface area contributed by atoms with E-state index in [0.717, 1.165) is 16.9 Å². The van der Waals surface area contributed by atoms with Crippen LogP contribution in [0.5, 0.6) is 5.75 Å². The summed E-state index contributed by atoms with van der Waals surface area (Å²) in [5, 5.41) is 0. The predicted molar refractivity (Wildman–Crippen MR) is 53.3 cm³/mol. The highest BCUT2D eigenvalue weighted by atomic mass is 16.5. The third-order valence-corrected chi connectivity index (χ3v) is 2.18. The summed E-state index contributed by atoms with van der Waals surface area (Å²) in [7, 11) is 0. The molecule has 0 amide bonds. The lowest BCUT2D eigenvalue weighted by Gasteiger charge is -2.33. The molecule has 2 N–H and O–H groups in total. The Morgan fingerprint density at radius 3 is 2.92 bits per heavy atom. The van der Waals surface area contributed by atoms with E-state index < -0.39 is 5.72 Å². The first-order valence-corrected chi connectivity index (χ1v) is 4.33. The van der Waals surface area contributed by atoms with E-state index in [4.69, 9.17) is 10.5 Å². The number of ether oxygens (including phenoxy) is 1. The van der Waals surface area contributed by atoms with E-state index in [2.05, 4.69) is 6.58 Å². The van der Waals surface area contributed by atoms with Gasteiger partial charge in [0.15, 0.2) is 5.72 Å². The Bertz CT molecular complexity index is 355. The van der Waals surface area contributed by atoms with Crippen LogP contribution in [0, 0.1) is 0 Å². The van der Waals surface area contributed by atoms with Gasteiger partial charge in [0, 0.05) is 12.0 Å². The van der Waals surface area contributed by atoms with Crippen molar-refractivity contribution < 1.29 is 4.74 Å². The number of para-hydroxylation sites is 1. The van der Waals surface area contributed by atoms with E-state index >= 15 is 0 Å². The van der Waals surface area contributed by atoms with Gasteiger partial charge in [-0.25, -0.2) is 0 Å². The van der Waals surface area contributed by atoms with Crippen molar-refractivity contribution in [3.05, 3.63) is 36.4 Å². The summed E-state index contributed by atoms with van der Waals surface area (Å²) >= 11 is 0. The fraction of sp³-hybridized carbons (Fsp3) is 0.273. The van der Waals surface area contributed by atoms with Crippen LogP contribution in [-0.4, -0.2) is 5.72 Å². The second-order valence-electron chi connectivity index (χ2n) is 3.69. The van der Waals surface area contributed by atoms with Crippen molar-refractivity contribution in [3.8, 4) is 5.75 Å². The first-order chi connectivity index (χ1) is 6.08. The number of benzene rings is 1. The Kier molecular flexibility index (Phi) is 1.67. The second kappa shape index (κ2) is 2.60. The lowest BCUT2D eigenvalue weighted by atomic mass is 9.95. The zero-order chi connectivity index (χ0) is 9.47. The first-order valence-electron chi connectivity index (χ1n) is 4.33. The zero-order valence-electron chi connectivity index (χ0n) is 7.71. The van der Waals surface area contributed by atoms with Gasteiger partial charge in [-0.15, -0.1) is 0 Å². The molecule has 1 unspecified atom stereocenters. The van der Waals surface area contributed by atoms with Gasteiger partial charge >= 0.3 is 0 Å². The van der Waals surface area contributed by atoms with Gasteiger partial charge < -0.3 is 4.74 Å². The monoisotopic (exact) mass is 175 g/mol. The van der Waals surface area contributed by atoms with Gasteiger partial charge in [0.05, 0.1) is 0 Å². The van der Waals surface area contributed by atoms with E-state index in [-0.39, 0.29) is 0 Å². The van der Waals surface area contributed by atoms with Crippen molar-refractivity contribution in [1.29, 1.82) is 0 Å². The summed E-state index contributed by atoms with van der Waals surface area (Å²) in [6, 6.07) is 7.84. The summed E-state index contributed by atoms with van der Waals surface area (Å²) in [4.78, 5) is 0. The topological polar surface area (TPSA) is 35.2 Å². The lowest BCUT2D eigenvalue weighted by molar-refractivity contribution is 0.0944. The van der Waals surface area contributed by atoms with Gasteiger partial charge in [-0.1, -0.05) is 24.8 Å². The quantitative estimate of drug-likeness (QED) is 0.655. The average molecular weight is 175 g/mol. The molecular weight excluding hydrogens is 162 g/mol. The van der Waals surface area contributed by atoms with Crippen molar-refractivity contribution in [2.75, 3.05) is 0 Å². The van der Waals surface area contributed by atoms with Crippen LogP contribution >= 0.6 is 0 Å². The maximum absolute atomic E-state index is 5.90. The molecule has 68 valence electrons. The van der Waals surface area contributed by atoms with Crippen LogP contribution in [0.3, 0.4) is 0 Å². The van der Waals surface area contributed by atoms with Crippen LogP contribution in [0.1, 0.15) is 18.9 Å². The van der Waals surface area contributed by atoms with Crippen LogP contribution in [-0.2, 0) is 0 Å². The molecular formula is C11H13NO. The van der Waals surface area contributed by atoms with Crippen molar-refractivity contribution in [1.82, 2.24) is 0 Å². The largest absolute Gasteiger partial charge is 0.472 e. The minimum absolute atomic E-state index is 0.606. The van der Waals surface area contributed by atoms with Gasteiger partial charge in [0.2, 0.25) is 0 Å². The second-order valence-corrected chi connectivity index (χ2v) is 3.69. The first kappa shape index (κ1) is 8.32. The Labute approximate surface area is 78.0 Å². The van der Waals surface area contributed by atoms with Crippen LogP contribution < -0.4 is 10.5 Å². The summed E-state index contributed by atoms with van der Waals surface area (Å²) < 4.78 is 5.61. The fourth-order valence-corrected chi connectivity index (χ4v) is 1.65. The van der Waals surface area contributed by atoms with E-state index in [0.29, 0.717) is 6.42 Å². The molecule has 2 rings (SSSR count). The summed E-state index contributed by atoms with van der Waals surface area (Å²) in [5.74, 6) is 0.837. The molecule has 13 heavy (non-hydrogen) atoms. The normalized spacial score (nSPS) is 26.5.